The number of nitrogens with zero attached hydrogens (tertiary/aromatic N) is 1. The van der Waals surface area contributed by atoms with Gasteiger partial charge < -0.3 is 10.1 Å². The van der Waals surface area contributed by atoms with Crippen LogP contribution in [0.1, 0.15) is 19.4 Å². The van der Waals surface area contributed by atoms with Crippen molar-refractivity contribution in [3.8, 4) is 5.75 Å². The van der Waals surface area contributed by atoms with Gasteiger partial charge in [0.2, 0.25) is 5.91 Å². The van der Waals surface area contributed by atoms with E-state index in [1.165, 1.54) is 30.3 Å². The van der Waals surface area contributed by atoms with Crippen molar-refractivity contribution in [3.63, 3.8) is 0 Å². The minimum absolute atomic E-state index is 0.0987. The Kier molecular flexibility index (Phi) is 7.51. The predicted octanol–water partition coefficient (Wildman–Crippen LogP) is 5.33. The molecule has 10 heteroatoms. The van der Waals surface area contributed by atoms with Crippen molar-refractivity contribution >= 4 is 27.3 Å². The number of carbonyl (C=O) groups excluding carboxylic acids is 1. The highest BCUT2D eigenvalue weighted by Gasteiger charge is 2.33. The minimum Gasteiger partial charge on any atom is -0.491 e. The molecule has 0 unspecified atom stereocenters. The fraction of sp³-hybridized carbons (Fsp3) is 0.208. The van der Waals surface area contributed by atoms with Crippen molar-refractivity contribution < 1.29 is 31.1 Å². The second kappa shape index (κ2) is 10.2. The summed E-state index contributed by atoms with van der Waals surface area (Å²) < 4.78 is 72.6. The van der Waals surface area contributed by atoms with Gasteiger partial charge in [0.05, 0.1) is 22.3 Å². The minimum atomic E-state index is -4.68. The predicted molar refractivity (Wildman–Crippen MR) is 123 cm³/mol. The van der Waals surface area contributed by atoms with Crippen LogP contribution in [-0.4, -0.2) is 27.0 Å². The van der Waals surface area contributed by atoms with Gasteiger partial charge >= 0.3 is 6.18 Å². The average molecular weight is 493 g/mol. The van der Waals surface area contributed by atoms with Crippen LogP contribution in [0.25, 0.3) is 0 Å². The van der Waals surface area contributed by atoms with E-state index in [0.717, 1.165) is 12.1 Å². The van der Waals surface area contributed by atoms with Gasteiger partial charge in [-0.15, -0.1) is 0 Å². The number of alkyl halides is 3. The number of anilines is 2. The summed E-state index contributed by atoms with van der Waals surface area (Å²) in [6.07, 6.45) is -4.78. The molecule has 0 aliphatic rings. The fourth-order valence-electron chi connectivity index (χ4n) is 3.12. The van der Waals surface area contributed by atoms with Gasteiger partial charge in [0.15, 0.2) is 0 Å². The van der Waals surface area contributed by atoms with Crippen LogP contribution in [0.3, 0.4) is 0 Å². The van der Waals surface area contributed by atoms with E-state index in [0.29, 0.717) is 21.8 Å². The molecule has 0 aliphatic carbocycles. The molecule has 0 atom stereocenters. The number of benzene rings is 3. The van der Waals surface area contributed by atoms with Crippen molar-refractivity contribution in [2.75, 3.05) is 16.2 Å². The Balaban J connectivity index is 1.95. The zero-order valence-corrected chi connectivity index (χ0v) is 19.2. The first-order valence-electron chi connectivity index (χ1n) is 10.3. The summed E-state index contributed by atoms with van der Waals surface area (Å²) in [6.45, 7) is 2.94. The standard InChI is InChI=1S/C24H23F3N2O4S/c1-17(2)33-21-11-7-9-19(15-21)28-23(30)16-29(34(31,32)22-12-4-3-5-13-22)20-10-6-8-18(14-20)24(25,26)27/h3-15,17H,16H2,1-2H3,(H,28,30). The molecule has 3 aromatic carbocycles. The van der Waals surface area contributed by atoms with Crippen molar-refractivity contribution in [2.45, 2.75) is 31.0 Å². The van der Waals surface area contributed by atoms with Crippen LogP contribution in [-0.2, 0) is 21.0 Å². The summed E-state index contributed by atoms with van der Waals surface area (Å²) in [6, 6.07) is 17.5. The van der Waals surface area contributed by atoms with E-state index >= 15 is 0 Å². The summed E-state index contributed by atoms with van der Waals surface area (Å²) in [7, 11) is -4.35. The number of amides is 1. The first kappa shape index (κ1) is 25.1. The summed E-state index contributed by atoms with van der Waals surface area (Å²) in [5.74, 6) is -0.238. The van der Waals surface area contributed by atoms with E-state index in [2.05, 4.69) is 5.32 Å². The van der Waals surface area contributed by atoms with Crippen molar-refractivity contribution in [1.29, 1.82) is 0 Å². The third-order valence-corrected chi connectivity index (χ3v) is 6.36. The molecule has 0 aliphatic heterocycles. The lowest BCUT2D eigenvalue weighted by Gasteiger charge is -2.25. The topological polar surface area (TPSA) is 75.7 Å². The third kappa shape index (κ3) is 6.28. The summed E-state index contributed by atoms with van der Waals surface area (Å²) in [5, 5.41) is 2.58. The molecule has 0 fully saturated rings. The summed E-state index contributed by atoms with van der Waals surface area (Å²) >= 11 is 0. The van der Waals surface area contributed by atoms with E-state index in [4.69, 9.17) is 4.74 Å². The van der Waals surface area contributed by atoms with Gasteiger partial charge in [-0.3, -0.25) is 9.10 Å². The molecule has 0 heterocycles. The second-order valence-corrected chi connectivity index (χ2v) is 9.48. The monoisotopic (exact) mass is 492 g/mol. The summed E-state index contributed by atoms with van der Waals surface area (Å²) in [4.78, 5) is 12.6. The number of carbonyl (C=O) groups is 1. The highest BCUT2D eigenvalue weighted by atomic mass is 32.2. The first-order valence-corrected chi connectivity index (χ1v) is 11.7. The van der Waals surface area contributed by atoms with Crippen LogP contribution in [0.15, 0.2) is 83.8 Å². The third-order valence-electron chi connectivity index (χ3n) is 4.57. The lowest BCUT2D eigenvalue weighted by Crippen LogP contribution is -2.38. The Morgan fingerprint density at radius 3 is 2.29 bits per heavy atom. The maximum absolute atomic E-state index is 13.3. The zero-order chi connectivity index (χ0) is 24.9. The number of ether oxygens (including phenoxy) is 1. The number of hydrogen-bond donors (Lipinski definition) is 1. The number of rotatable bonds is 8. The number of halogens is 3. The molecule has 3 aromatic rings. The molecule has 0 saturated heterocycles. The normalized spacial score (nSPS) is 11.8. The van der Waals surface area contributed by atoms with Gasteiger partial charge in [-0.25, -0.2) is 8.42 Å². The maximum Gasteiger partial charge on any atom is 0.416 e. The highest BCUT2D eigenvalue weighted by molar-refractivity contribution is 7.92. The van der Waals surface area contributed by atoms with Crippen LogP contribution in [0, 0.1) is 0 Å². The van der Waals surface area contributed by atoms with Crippen molar-refractivity contribution in [2.24, 2.45) is 0 Å². The smallest absolute Gasteiger partial charge is 0.416 e. The van der Waals surface area contributed by atoms with Crippen molar-refractivity contribution in [1.82, 2.24) is 0 Å². The molecule has 0 saturated carbocycles. The Hall–Kier alpha value is -3.53. The summed E-state index contributed by atoms with van der Waals surface area (Å²) in [5.41, 5.74) is -0.966. The highest BCUT2D eigenvalue weighted by Crippen LogP contribution is 2.33. The Morgan fingerprint density at radius 1 is 0.971 bits per heavy atom. The Morgan fingerprint density at radius 2 is 1.65 bits per heavy atom. The molecule has 0 spiro atoms. The Bertz CT molecular complexity index is 1250. The zero-order valence-electron chi connectivity index (χ0n) is 18.4. The molecule has 180 valence electrons. The van der Waals surface area contributed by atoms with Crippen LogP contribution in [0.4, 0.5) is 24.5 Å². The van der Waals surface area contributed by atoms with E-state index < -0.39 is 34.2 Å². The van der Waals surface area contributed by atoms with Crippen LogP contribution in [0.5, 0.6) is 5.75 Å². The molecule has 6 nitrogen and oxygen atoms in total. The SMILES string of the molecule is CC(C)Oc1cccc(NC(=O)CN(c2cccc(C(F)(F)F)c2)S(=O)(=O)c2ccccc2)c1. The molecule has 1 amide bonds. The molecule has 3 rings (SSSR count). The lowest BCUT2D eigenvalue weighted by molar-refractivity contribution is -0.137. The largest absolute Gasteiger partial charge is 0.491 e. The van der Waals surface area contributed by atoms with Gasteiger partial charge in [0.25, 0.3) is 10.0 Å². The first-order chi connectivity index (χ1) is 16.0. The average Bonchev–Trinajstić information content (AvgIpc) is 2.77. The van der Waals surface area contributed by atoms with Crippen LogP contribution in [0.2, 0.25) is 0 Å². The number of hydrogen-bond acceptors (Lipinski definition) is 4. The molecule has 0 radical (unpaired) electrons. The second-order valence-electron chi connectivity index (χ2n) is 7.62. The quantitative estimate of drug-likeness (QED) is 0.462. The number of sulfonamides is 1. The van der Waals surface area contributed by atoms with Gasteiger partial charge in [-0.05, 0) is 56.3 Å². The van der Waals surface area contributed by atoms with Crippen LogP contribution >= 0.6 is 0 Å². The van der Waals surface area contributed by atoms with Gasteiger partial charge in [-0.2, -0.15) is 13.2 Å². The van der Waals surface area contributed by atoms with Crippen LogP contribution < -0.4 is 14.4 Å². The lowest BCUT2D eigenvalue weighted by atomic mass is 10.2. The van der Waals surface area contributed by atoms with Gasteiger partial charge in [0, 0.05) is 11.8 Å². The molecule has 0 aromatic heterocycles. The van der Waals surface area contributed by atoms with E-state index in [-0.39, 0.29) is 16.7 Å². The van der Waals surface area contributed by atoms with E-state index in [9.17, 15) is 26.4 Å². The molecule has 0 bridgehead atoms. The van der Waals surface area contributed by atoms with E-state index in [1.807, 2.05) is 13.8 Å². The molecule has 34 heavy (non-hydrogen) atoms. The molecular formula is C24H23F3N2O4S. The molecule has 1 N–H and O–H groups in total. The van der Waals surface area contributed by atoms with Gasteiger partial charge in [-0.1, -0.05) is 30.3 Å². The van der Waals surface area contributed by atoms with Gasteiger partial charge in [0.1, 0.15) is 12.3 Å². The Labute approximate surface area is 196 Å². The maximum atomic E-state index is 13.3. The fourth-order valence-corrected chi connectivity index (χ4v) is 4.56. The number of nitrogens with one attached hydrogen (secondary N) is 1. The van der Waals surface area contributed by atoms with E-state index in [1.54, 1.807) is 30.3 Å². The molecular weight excluding hydrogens is 469 g/mol. The van der Waals surface area contributed by atoms with Crippen molar-refractivity contribution in [3.05, 3.63) is 84.4 Å².